The van der Waals surface area contributed by atoms with Crippen molar-refractivity contribution < 1.29 is 13.7 Å². The van der Waals surface area contributed by atoms with Crippen molar-refractivity contribution in [2.75, 3.05) is 13.1 Å². The molecule has 1 saturated heterocycles. The molecule has 0 N–H and O–H groups in total. The zero-order chi connectivity index (χ0) is 17.3. The van der Waals surface area contributed by atoms with Crippen molar-refractivity contribution >= 4 is 5.91 Å². The van der Waals surface area contributed by atoms with E-state index in [0.29, 0.717) is 11.1 Å². The normalized spacial score (nSPS) is 20.0. The third-order valence-corrected chi connectivity index (χ3v) is 4.19. The number of carbonyl (C=O) groups excluding carboxylic acids is 1. The van der Waals surface area contributed by atoms with Crippen molar-refractivity contribution in [3.63, 3.8) is 0 Å². The van der Waals surface area contributed by atoms with Crippen LogP contribution >= 0.6 is 0 Å². The lowest BCUT2D eigenvalue weighted by atomic mass is 10.1. The summed E-state index contributed by atoms with van der Waals surface area (Å²) in [7, 11) is 0. The highest BCUT2D eigenvalue weighted by Crippen LogP contribution is 2.35. The van der Waals surface area contributed by atoms with E-state index in [1.807, 2.05) is 0 Å². The van der Waals surface area contributed by atoms with Crippen LogP contribution in [0.15, 0.2) is 53.6 Å². The van der Waals surface area contributed by atoms with Gasteiger partial charge in [0.2, 0.25) is 5.82 Å². The molecule has 3 aromatic rings. The van der Waals surface area contributed by atoms with Gasteiger partial charge >= 0.3 is 0 Å². The molecule has 0 aromatic carbocycles. The Bertz CT molecular complexity index is 886. The predicted octanol–water partition coefficient (Wildman–Crippen LogP) is 2.24. The van der Waals surface area contributed by atoms with E-state index >= 15 is 4.39 Å². The van der Waals surface area contributed by atoms with E-state index in [1.165, 1.54) is 17.3 Å². The third-order valence-electron chi connectivity index (χ3n) is 4.19. The second-order valence-corrected chi connectivity index (χ2v) is 5.84. The van der Waals surface area contributed by atoms with E-state index in [9.17, 15) is 4.79 Å². The molecule has 1 atom stereocenters. The van der Waals surface area contributed by atoms with Gasteiger partial charge in [0, 0.05) is 48.9 Å². The van der Waals surface area contributed by atoms with Crippen LogP contribution in [0.4, 0.5) is 4.39 Å². The van der Waals surface area contributed by atoms with Gasteiger partial charge < -0.3 is 9.42 Å². The SMILES string of the molecule is O=C(c1ccncc1)N1CCC(F)(c2noc(-c3ccncc3)n2)C1. The van der Waals surface area contributed by atoms with Crippen LogP contribution in [0.25, 0.3) is 11.5 Å². The fourth-order valence-corrected chi connectivity index (χ4v) is 2.82. The summed E-state index contributed by atoms with van der Waals surface area (Å²) < 4.78 is 20.5. The lowest BCUT2D eigenvalue weighted by Crippen LogP contribution is -2.32. The highest BCUT2D eigenvalue weighted by molar-refractivity contribution is 5.94. The molecular weight excluding hydrogens is 325 g/mol. The van der Waals surface area contributed by atoms with E-state index in [2.05, 4.69) is 20.1 Å². The first kappa shape index (κ1) is 15.4. The molecule has 4 heterocycles. The molecule has 0 saturated carbocycles. The predicted molar refractivity (Wildman–Crippen MR) is 85.1 cm³/mol. The number of carbonyl (C=O) groups is 1. The molecule has 1 aliphatic rings. The van der Waals surface area contributed by atoms with Crippen LogP contribution in [-0.2, 0) is 5.67 Å². The molecule has 25 heavy (non-hydrogen) atoms. The Labute approximate surface area is 142 Å². The first-order valence-electron chi connectivity index (χ1n) is 7.78. The Hall–Kier alpha value is -3.16. The van der Waals surface area contributed by atoms with Gasteiger partial charge in [-0.25, -0.2) is 4.39 Å². The number of likely N-dealkylation sites (tertiary alicyclic amines) is 1. The first-order valence-corrected chi connectivity index (χ1v) is 7.78. The first-order chi connectivity index (χ1) is 12.2. The molecule has 1 aliphatic heterocycles. The number of alkyl halides is 1. The topological polar surface area (TPSA) is 85.0 Å². The number of hydrogen-bond acceptors (Lipinski definition) is 6. The Kier molecular flexibility index (Phi) is 3.72. The molecule has 0 bridgehead atoms. The molecule has 1 fully saturated rings. The zero-order valence-corrected chi connectivity index (χ0v) is 13.2. The molecule has 126 valence electrons. The summed E-state index contributed by atoms with van der Waals surface area (Å²) in [5.41, 5.74) is -0.679. The fourth-order valence-electron chi connectivity index (χ4n) is 2.82. The van der Waals surface area contributed by atoms with E-state index < -0.39 is 5.67 Å². The Morgan fingerprint density at radius 1 is 1.12 bits per heavy atom. The van der Waals surface area contributed by atoms with E-state index in [0.717, 1.165) is 0 Å². The zero-order valence-electron chi connectivity index (χ0n) is 13.2. The summed E-state index contributed by atoms with van der Waals surface area (Å²) in [6.45, 7) is 0.181. The summed E-state index contributed by atoms with van der Waals surface area (Å²) in [6, 6.07) is 6.62. The van der Waals surface area contributed by atoms with Gasteiger partial charge in [-0.05, 0) is 24.3 Å². The van der Waals surface area contributed by atoms with Gasteiger partial charge in [0.25, 0.3) is 11.8 Å². The number of halogens is 1. The number of rotatable bonds is 3. The van der Waals surface area contributed by atoms with Crippen molar-refractivity contribution in [3.8, 4) is 11.5 Å². The van der Waals surface area contributed by atoms with Gasteiger partial charge in [0.15, 0.2) is 5.67 Å². The number of nitrogens with zero attached hydrogens (tertiary/aromatic N) is 5. The summed E-state index contributed by atoms with van der Waals surface area (Å²) in [5.74, 6) is -0.0440. The lowest BCUT2D eigenvalue weighted by Gasteiger charge is -2.18. The smallest absolute Gasteiger partial charge is 0.258 e. The summed E-state index contributed by atoms with van der Waals surface area (Å²) in [6.07, 6.45) is 6.38. The van der Waals surface area contributed by atoms with Crippen LogP contribution < -0.4 is 0 Å². The molecular formula is C17H14FN5O2. The number of aromatic nitrogens is 4. The fraction of sp³-hybridized carbons (Fsp3) is 0.235. The van der Waals surface area contributed by atoms with Crippen LogP contribution in [0.3, 0.4) is 0 Å². The lowest BCUT2D eigenvalue weighted by molar-refractivity contribution is 0.0742. The van der Waals surface area contributed by atoms with Crippen molar-refractivity contribution in [2.45, 2.75) is 12.1 Å². The van der Waals surface area contributed by atoms with Gasteiger partial charge in [-0.1, -0.05) is 5.16 Å². The quantitative estimate of drug-likeness (QED) is 0.727. The van der Waals surface area contributed by atoms with Gasteiger partial charge in [0.05, 0.1) is 6.54 Å². The maximum absolute atomic E-state index is 15.3. The van der Waals surface area contributed by atoms with Crippen LogP contribution in [-0.4, -0.2) is 44.0 Å². The maximum atomic E-state index is 15.3. The molecule has 7 nitrogen and oxygen atoms in total. The van der Waals surface area contributed by atoms with Crippen LogP contribution in [0, 0.1) is 0 Å². The van der Waals surface area contributed by atoms with Crippen LogP contribution in [0.5, 0.6) is 0 Å². The number of amides is 1. The highest BCUT2D eigenvalue weighted by Gasteiger charge is 2.45. The molecule has 0 aliphatic carbocycles. The average Bonchev–Trinajstić information content (AvgIpc) is 3.31. The third kappa shape index (κ3) is 2.86. The van der Waals surface area contributed by atoms with Crippen molar-refractivity contribution in [1.82, 2.24) is 25.0 Å². The van der Waals surface area contributed by atoms with Gasteiger partial charge in [-0.2, -0.15) is 4.98 Å². The van der Waals surface area contributed by atoms with Gasteiger partial charge in [-0.15, -0.1) is 0 Å². The van der Waals surface area contributed by atoms with Crippen LogP contribution in [0.1, 0.15) is 22.6 Å². The average molecular weight is 339 g/mol. The monoisotopic (exact) mass is 339 g/mol. The molecule has 0 spiro atoms. The Morgan fingerprint density at radius 3 is 2.52 bits per heavy atom. The standard InChI is InChI=1S/C17H14FN5O2/c18-17(16-21-14(25-22-16)12-1-6-19-7-2-12)5-10-23(11-17)15(24)13-3-8-20-9-4-13/h1-4,6-9H,5,10-11H2. The summed E-state index contributed by atoms with van der Waals surface area (Å²) in [5, 5.41) is 3.78. The highest BCUT2D eigenvalue weighted by atomic mass is 19.1. The molecule has 3 aromatic heterocycles. The largest absolute Gasteiger partial charge is 0.335 e. The van der Waals surface area contributed by atoms with Crippen LogP contribution in [0.2, 0.25) is 0 Å². The Balaban J connectivity index is 1.54. The van der Waals surface area contributed by atoms with E-state index in [-0.39, 0.29) is 37.1 Å². The molecule has 0 radical (unpaired) electrons. The minimum atomic E-state index is -1.82. The van der Waals surface area contributed by atoms with Crippen molar-refractivity contribution in [1.29, 1.82) is 0 Å². The van der Waals surface area contributed by atoms with Gasteiger partial charge in [0.1, 0.15) is 0 Å². The molecule has 1 unspecified atom stereocenters. The molecule has 4 rings (SSSR count). The van der Waals surface area contributed by atoms with Crippen molar-refractivity contribution in [2.24, 2.45) is 0 Å². The Morgan fingerprint density at radius 2 is 1.80 bits per heavy atom. The maximum Gasteiger partial charge on any atom is 0.258 e. The second kappa shape index (κ2) is 6.04. The van der Waals surface area contributed by atoms with Gasteiger partial charge in [-0.3, -0.25) is 14.8 Å². The van der Waals surface area contributed by atoms with Crippen molar-refractivity contribution in [3.05, 3.63) is 60.4 Å². The molecule has 1 amide bonds. The summed E-state index contributed by atoms with van der Waals surface area (Å²) in [4.78, 5) is 25.9. The van der Waals surface area contributed by atoms with E-state index in [4.69, 9.17) is 4.52 Å². The van der Waals surface area contributed by atoms with E-state index in [1.54, 1.807) is 36.7 Å². The minimum Gasteiger partial charge on any atom is -0.335 e. The summed E-state index contributed by atoms with van der Waals surface area (Å²) >= 11 is 0. The number of hydrogen-bond donors (Lipinski definition) is 0. The minimum absolute atomic E-state index is 0.0376. The number of pyridine rings is 2. The second-order valence-electron chi connectivity index (χ2n) is 5.84. The molecule has 8 heteroatoms.